The molecular formula is C15H22BClN2O2. The summed E-state index contributed by atoms with van der Waals surface area (Å²) in [5, 5.41) is 0.511. The summed E-state index contributed by atoms with van der Waals surface area (Å²) in [6.07, 6.45) is 2.38. The Hall–Kier alpha value is -0.775. The summed E-state index contributed by atoms with van der Waals surface area (Å²) in [5.74, 6) is 0.901. The van der Waals surface area contributed by atoms with Crippen LogP contribution in [0.15, 0.2) is 12.1 Å². The molecular weight excluding hydrogens is 286 g/mol. The van der Waals surface area contributed by atoms with E-state index in [1.54, 1.807) is 0 Å². The lowest BCUT2D eigenvalue weighted by Gasteiger charge is -2.32. The molecule has 3 rings (SSSR count). The van der Waals surface area contributed by atoms with Crippen molar-refractivity contribution in [3.8, 4) is 0 Å². The molecule has 0 amide bonds. The van der Waals surface area contributed by atoms with E-state index in [0.29, 0.717) is 5.15 Å². The van der Waals surface area contributed by atoms with Crippen LogP contribution < -0.4 is 10.4 Å². The van der Waals surface area contributed by atoms with Crippen molar-refractivity contribution in [2.75, 3.05) is 18.0 Å². The van der Waals surface area contributed by atoms with Gasteiger partial charge in [0.05, 0.1) is 11.2 Å². The predicted octanol–water partition coefficient (Wildman–Crippen LogP) is 2.63. The fourth-order valence-corrected chi connectivity index (χ4v) is 2.92. The van der Waals surface area contributed by atoms with Gasteiger partial charge in [-0.3, -0.25) is 0 Å². The van der Waals surface area contributed by atoms with Gasteiger partial charge in [-0.15, -0.1) is 0 Å². The molecule has 114 valence electrons. The molecule has 4 nitrogen and oxygen atoms in total. The van der Waals surface area contributed by atoms with Crippen LogP contribution in [-0.2, 0) is 9.31 Å². The van der Waals surface area contributed by atoms with Gasteiger partial charge in [0.1, 0.15) is 11.0 Å². The first-order valence-electron chi connectivity index (χ1n) is 7.57. The lowest BCUT2D eigenvalue weighted by Crippen LogP contribution is -2.41. The van der Waals surface area contributed by atoms with Crippen molar-refractivity contribution in [3.05, 3.63) is 17.3 Å². The molecule has 2 aliphatic rings. The van der Waals surface area contributed by atoms with Crippen molar-refractivity contribution in [3.63, 3.8) is 0 Å². The zero-order valence-electron chi connectivity index (χ0n) is 13.1. The molecule has 3 heterocycles. The molecule has 2 fully saturated rings. The third kappa shape index (κ3) is 2.67. The molecule has 1 aromatic heterocycles. The summed E-state index contributed by atoms with van der Waals surface area (Å²) in [6.45, 7) is 10.3. The Morgan fingerprint density at radius 2 is 1.67 bits per heavy atom. The molecule has 0 aromatic carbocycles. The summed E-state index contributed by atoms with van der Waals surface area (Å²) in [6, 6.07) is 3.78. The van der Waals surface area contributed by atoms with Gasteiger partial charge in [-0.05, 0) is 46.6 Å². The molecule has 0 atom stereocenters. The fourth-order valence-electron chi connectivity index (χ4n) is 2.77. The average Bonchev–Trinajstić information content (AvgIpc) is 2.96. The van der Waals surface area contributed by atoms with Crippen molar-refractivity contribution in [2.45, 2.75) is 51.7 Å². The number of hydrogen-bond donors (Lipinski definition) is 0. The summed E-state index contributed by atoms with van der Waals surface area (Å²) in [4.78, 5) is 6.80. The third-order valence-electron chi connectivity index (χ3n) is 4.78. The van der Waals surface area contributed by atoms with Gasteiger partial charge in [0.25, 0.3) is 0 Å². The molecule has 0 radical (unpaired) electrons. The largest absolute Gasteiger partial charge is 0.498 e. The SMILES string of the molecule is CC1(C)OB(c2ccc(Cl)nc2N2CCCC2)OC1(C)C. The Labute approximate surface area is 131 Å². The van der Waals surface area contributed by atoms with Gasteiger partial charge in [-0.25, -0.2) is 4.98 Å². The number of anilines is 1. The van der Waals surface area contributed by atoms with Crippen LogP contribution in [0, 0.1) is 0 Å². The maximum Gasteiger partial charge on any atom is 0.498 e. The first-order valence-corrected chi connectivity index (χ1v) is 7.95. The van der Waals surface area contributed by atoms with E-state index < -0.39 is 7.12 Å². The Bertz CT molecular complexity index is 528. The molecule has 1 aromatic rings. The van der Waals surface area contributed by atoms with Gasteiger partial charge in [0, 0.05) is 18.6 Å². The Morgan fingerprint density at radius 1 is 1.10 bits per heavy atom. The highest BCUT2D eigenvalue weighted by Crippen LogP contribution is 2.37. The number of rotatable bonds is 2. The molecule has 0 unspecified atom stereocenters. The maximum absolute atomic E-state index is 6.16. The molecule has 21 heavy (non-hydrogen) atoms. The van der Waals surface area contributed by atoms with Gasteiger partial charge in [0.2, 0.25) is 0 Å². The zero-order valence-corrected chi connectivity index (χ0v) is 13.9. The Morgan fingerprint density at radius 3 is 2.24 bits per heavy atom. The number of halogens is 1. The third-order valence-corrected chi connectivity index (χ3v) is 4.99. The molecule has 2 saturated heterocycles. The van der Waals surface area contributed by atoms with E-state index in [2.05, 4.69) is 37.6 Å². The summed E-state index contributed by atoms with van der Waals surface area (Å²) < 4.78 is 12.3. The van der Waals surface area contributed by atoms with Gasteiger partial charge in [-0.2, -0.15) is 0 Å². The molecule has 0 spiro atoms. The van der Waals surface area contributed by atoms with Crippen LogP contribution in [0.25, 0.3) is 0 Å². The Balaban J connectivity index is 1.96. The second-order valence-corrected chi connectivity index (χ2v) is 7.22. The lowest BCUT2D eigenvalue weighted by molar-refractivity contribution is 0.00578. The second kappa shape index (κ2) is 5.15. The van der Waals surface area contributed by atoms with Crippen LogP contribution in [-0.4, -0.2) is 36.4 Å². The topological polar surface area (TPSA) is 34.6 Å². The van der Waals surface area contributed by atoms with E-state index in [9.17, 15) is 0 Å². The van der Waals surface area contributed by atoms with Crippen molar-refractivity contribution < 1.29 is 9.31 Å². The van der Waals surface area contributed by atoms with Crippen molar-refractivity contribution in [1.82, 2.24) is 4.98 Å². The second-order valence-electron chi connectivity index (χ2n) is 6.83. The molecule has 2 aliphatic heterocycles. The van der Waals surface area contributed by atoms with Crippen LogP contribution in [0.5, 0.6) is 0 Å². The van der Waals surface area contributed by atoms with E-state index in [4.69, 9.17) is 20.9 Å². The smallest absolute Gasteiger partial charge is 0.399 e. The lowest BCUT2D eigenvalue weighted by atomic mass is 9.79. The van der Waals surface area contributed by atoms with Crippen LogP contribution in [0.3, 0.4) is 0 Å². The van der Waals surface area contributed by atoms with Crippen molar-refractivity contribution in [2.24, 2.45) is 0 Å². The molecule has 0 aliphatic carbocycles. The van der Waals surface area contributed by atoms with Crippen LogP contribution in [0.2, 0.25) is 5.15 Å². The zero-order chi connectivity index (χ0) is 15.3. The normalized spacial score (nSPS) is 23.9. The summed E-state index contributed by atoms with van der Waals surface area (Å²) in [7, 11) is -0.393. The van der Waals surface area contributed by atoms with Gasteiger partial charge in [0.15, 0.2) is 0 Å². The van der Waals surface area contributed by atoms with Crippen LogP contribution in [0.4, 0.5) is 5.82 Å². The van der Waals surface area contributed by atoms with Crippen LogP contribution >= 0.6 is 11.6 Å². The fraction of sp³-hybridized carbons (Fsp3) is 0.667. The molecule has 0 saturated carbocycles. The molecule has 6 heteroatoms. The number of hydrogen-bond acceptors (Lipinski definition) is 4. The highest BCUT2D eigenvalue weighted by molar-refractivity contribution is 6.63. The summed E-state index contributed by atoms with van der Waals surface area (Å²) in [5.41, 5.74) is 0.277. The van der Waals surface area contributed by atoms with Crippen molar-refractivity contribution in [1.29, 1.82) is 0 Å². The summed E-state index contributed by atoms with van der Waals surface area (Å²) >= 11 is 6.09. The number of nitrogens with zero attached hydrogens (tertiary/aromatic N) is 2. The minimum absolute atomic E-state index is 0.348. The molecule has 0 bridgehead atoms. The van der Waals surface area contributed by atoms with E-state index in [1.807, 2.05) is 12.1 Å². The van der Waals surface area contributed by atoms with E-state index in [1.165, 1.54) is 12.8 Å². The van der Waals surface area contributed by atoms with Gasteiger partial charge < -0.3 is 14.2 Å². The van der Waals surface area contributed by atoms with Gasteiger partial charge >= 0.3 is 7.12 Å². The quantitative estimate of drug-likeness (QED) is 0.621. The van der Waals surface area contributed by atoms with Crippen LogP contribution in [0.1, 0.15) is 40.5 Å². The standard InChI is InChI=1S/C15H22BClN2O2/c1-14(2)15(3,4)21-16(20-14)11-7-8-12(17)18-13(11)19-9-5-6-10-19/h7-8H,5-6,9-10H2,1-4H3. The van der Waals surface area contributed by atoms with Crippen molar-refractivity contribution >= 4 is 30.0 Å². The number of pyridine rings is 1. The maximum atomic E-state index is 6.16. The average molecular weight is 309 g/mol. The van der Waals surface area contributed by atoms with E-state index in [-0.39, 0.29) is 11.2 Å². The molecule has 0 N–H and O–H groups in total. The number of aromatic nitrogens is 1. The minimum Gasteiger partial charge on any atom is -0.399 e. The highest BCUT2D eigenvalue weighted by Gasteiger charge is 2.52. The highest BCUT2D eigenvalue weighted by atomic mass is 35.5. The van der Waals surface area contributed by atoms with E-state index in [0.717, 1.165) is 24.4 Å². The predicted molar refractivity (Wildman–Crippen MR) is 86.4 cm³/mol. The van der Waals surface area contributed by atoms with Gasteiger partial charge in [-0.1, -0.05) is 17.7 Å². The van der Waals surface area contributed by atoms with E-state index >= 15 is 0 Å². The minimum atomic E-state index is -0.393. The monoisotopic (exact) mass is 308 g/mol. The first kappa shape index (κ1) is 15.1. The Kier molecular flexibility index (Phi) is 3.71. The first-order chi connectivity index (χ1) is 9.80.